The molecule has 3 unspecified atom stereocenters. The normalized spacial score (nSPS) is 18.2. The summed E-state index contributed by atoms with van der Waals surface area (Å²) in [6.45, 7) is 3.85. The number of ether oxygens (including phenoxy) is 1. The number of benzene rings is 3. The fourth-order valence-electron chi connectivity index (χ4n) is 3.80. The lowest BCUT2D eigenvalue weighted by molar-refractivity contribution is -0.148. The third-order valence-corrected chi connectivity index (χ3v) is 6.49. The zero-order valence-electron chi connectivity index (χ0n) is 19.4. The summed E-state index contributed by atoms with van der Waals surface area (Å²) in [5.74, 6) is -1.29. The van der Waals surface area contributed by atoms with Crippen LogP contribution in [0.15, 0.2) is 94.7 Å². The van der Waals surface area contributed by atoms with E-state index in [-0.39, 0.29) is 38.7 Å². The van der Waals surface area contributed by atoms with Gasteiger partial charge in [-0.2, -0.15) is 0 Å². The van der Waals surface area contributed by atoms with Crippen LogP contribution in [0, 0.1) is 17.7 Å². The molecule has 0 bridgehead atoms. The maximum atomic E-state index is 13.1. The van der Waals surface area contributed by atoms with Crippen LogP contribution in [-0.4, -0.2) is 25.2 Å². The Morgan fingerprint density at radius 1 is 0.861 bits per heavy atom. The van der Waals surface area contributed by atoms with Gasteiger partial charge in [-0.15, -0.1) is 0 Å². The van der Waals surface area contributed by atoms with Gasteiger partial charge in [-0.1, -0.05) is 89.0 Å². The van der Waals surface area contributed by atoms with Gasteiger partial charge in [0.25, 0.3) is 0 Å². The zero-order valence-corrected chi connectivity index (χ0v) is 20.2. The highest BCUT2D eigenvalue weighted by atomic mass is 32.2. The van der Waals surface area contributed by atoms with Gasteiger partial charge in [-0.3, -0.25) is 4.79 Å². The second kappa shape index (κ2) is 14.9. The summed E-state index contributed by atoms with van der Waals surface area (Å²) in [5.41, 5.74) is 0.673. The fraction of sp³-hybridized carbons (Fsp3) is 0.310. The first-order valence-corrected chi connectivity index (χ1v) is 11.9. The van der Waals surface area contributed by atoms with Crippen molar-refractivity contribution >= 4 is 23.8 Å². The monoisotopic (exact) mass is 512 g/mol. The van der Waals surface area contributed by atoms with E-state index in [0.717, 1.165) is 0 Å². The molecule has 0 aliphatic carbocycles. The van der Waals surface area contributed by atoms with Gasteiger partial charge in [0.1, 0.15) is 11.7 Å². The quantitative estimate of drug-likeness (QED) is 0.358. The summed E-state index contributed by atoms with van der Waals surface area (Å²) in [6, 6.07) is 25.3. The first-order chi connectivity index (χ1) is 16.4. The molecular weight excluding hydrogens is 475 g/mol. The molecule has 2 N–H and O–H groups in total. The van der Waals surface area contributed by atoms with Crippen molar-refractivity contribution in [1.29, 1.82) is 0 Å². The van der Waals surface area contributed by atoms with Crippen molar-refractivity contribution in [3.63, 3.8) is 0 Å². The van der Waals surface area contributed by atoms with E-state index in [0.29, 0.717) is 5.56 Å². The summed E-state index contributed by atoms with van der Waals surface area (Å²) in [6.07, 6.45) is 0. The standard InChI is InChI=1S/C15H19FN2O3.C12H10S.2CH4/c1-8(2)12-11(14(19)21-3)13(18-15(20)17-12)9-4-6-10(16)7-5-9;1-3-7-11(8-4-1)13-12-9-5-2-6-10-12;;/h4-8,11-13H,1-3H3,(H2,17,18,20);1-10H;2*1H4. The molecule has 5 nitrogen and oxygen atoms in total. The Kier molecular flexibility index (Phi) is 12.7. The van der Waals surface area contributed by atoms with E-state index in [9.17, 15) is 14.0 Å². The number of nitrogens with one attached hydrogen (secondary N) is 2. The molecule has 4 rings (SSSR count). The van der Waals surface area contributed by atoms with Gasteiger partial charge in [0.2, 0.25) is 0 Å². The van der Waals surface area contributed by atoms with Crippen LogP contribution >= 0.6 is 11.8 Å². The van der Waals surface area contributed by atoms with Gasteiger partial charge in [-0.05, 0) is 47.9 Å². The highest BCUT2D eigenvalue weighted by Crippen LogP contribution is 2.32. The van der Waals surface area contributed by atoms with Crippen LogP contribution in [0.2, 0.25) is 0 Å². The Morgan fingerprint density at radius 2 is 1.36 bits per heavy atom. The number of halogens is 1. The van der Waals surface area contributed by atoms with Crippen molar-refractivity contribution in [2.45, 2.75) is 50.6 Å². The average molecular weight is 513 g/mol. The predicted octanol–water partition coefficient (Wildman–Crippen LogP) is 7.10. The molecule has 0 saturated carbocycles. The number of hydrogen-bond donors (Lipinski definition) is 2. The number of amides is 2. The van der Waals surface area contributed by atoms with Crippen molar-refractivity contribution < 1.29 is 18.7 Å². The molecule has 0 aromatic heterocycles. The largest absolute Gasteiger partial charge is 0.469 e. The molecule has 1 saturated heterocycles. The minimum atomic E-state index is -0.571. The summed E-state index contributed by atoms with van der Waals surface area (Å²) in [4.78, 5) is 26.6. The van der Waals surface area contributed by atoms with Crippen molar-refractivity contribution in [2.75, 3.05) is 7.11 Å². The maximum absolute atomic E-state index is 13.1. The van der Waals surface area contributed by atoms with Gasteiger partial charge in [-0.25, -0.2) is 9.18 Å². The lowest BCUT2D eigenvalue weighted by Gasteiger charge is -2.39. The second-order valence-corrected chi connectivity index (χ2v) is 9.34. The minimum Gasteiger partial charge on any atom is -0.469 e. The van der Waals surface area contributed by atoms with Crippen LogP contribution in [0.3, 0.4) is 0 Å². The van der Waals surface area contributed by atoms with E-state index in [1.54, 1.807) is 23.9 Å². The molecule has 1 aliphatic heterocycles. The van der Waals surface area contributed by atoms with E-state index in [4.69, 9.17) is 4.74 Å². The minimum absolute atomic E-state index is 0. The predicted molar refractivity (Wildman–Crippen MR) is 145 cm³/mol. The fourth-order valence-corrected chi connectivity index (χ4v) is 4.65. The Labute approximate surface area is 218 Å². The van der Waals surface area contributed by atoms with Gasteiger partial charge < -0.3 is 15.4 Å². The van der Waals surface area contributed by atoms with E-state index in [1.807, 2.05) is 26.0 Å². The number of carbonyl (C=O) groups excluding carboxylic acids is 2. The van der Waals surface area contributed by atoms with Crippen LogP contribution < -0.4 is 10.6 Å². The van der Waals surface area contributed by atoms with Gasteiger partial charge >= 0.3 is 12.0 Å². The number of esters is 1. The summed E-state index contributed by atoms with van der Waals surface area (Å²) < 4.78 is 17.9. The summed E-state index contributed by atoms with van der Waals surface area (Å²) >= 11 is 1.79. The maximum Gasteiger partial charge on any atom is 0.315 e. The lowest BCUT2D eigenvalue weighted by Crippen LogP contribution is -2.60. The Bertz CT molecular complexity index is 1030. The number of hydrogen-bond acceptors (Lipinski definition) is 4. The highest BCUT2D eigenvalue weighted by molar-refractivity contribution is 7.99. The molecule has 0 radical (unpaired) electrons. The van der Waals surface area contributed by atoms with Crippen LogP contribution in [0.25, 0.3) is 0 Å². The number of urea groups is 1. The molecule has 3 atom stereocenters. The molecule has 2 amide bonds. The van der Waals surface area contributed by atoms with Crippen LogP contribution in [0.4, 0.5) is 9.18 Å². The molecule has 3 aromatic rings. The van der Waals surface area contributed by atoms with Gasteiger partial charge in [0, 0.05) is 15.8 Å². The third kappa shape index (κ3) is 8.41. The van der Waals surface area contributed by atoms with E-state index < -0.39 is 17.9 Å². The van der Waals surface area contributed by atoms with Crippen LogP contribution in [0.1, 0.15) is 40.3 Å². The number of methoxy groups -OCH3 is 1. The molecule has 3 aromatic carbocycles. The van der Waals surface area contributed by atoms with E-state index in [2.05, 4.69) is 59.2 Å². The molecule has 36 heavy (non-hydrogen) atoms. The van der Waals surface area contributed by atoms with Crippen LogP contribution in [-0.2, 0) is 9.53 Å². The van der Waals surface area contributed by atoms with Crippen molar-refractivity contribution in [3.8, 4) is 0 Å². The second-order valence-electron chi connectivity index (χ2n) is 8.19. The number of rotatable bonds is 5. The highest BCUT2D eigenvalue weighted by Gasteiger charge is 2.43. The topological polar surface area (TPSA) is 67.4 Å². The van der Waals surface area contributed by atoms with Crippen LogP contribution in [0.5, 0.6) is 0 Å². The van der Waals surface area contributed by atoms with Gasteiger partial charge in [0.15, 0.2) is 0 Å². The van der Waals surface area contributed by atoms with Crippen molar-refractivity contribution in [3.05, 3.63) is 96.3 Å². The Balaban J connectivity index is 0.000000374. The Hall–Kier alpha value is -3.32. The Morgan fingerprint density at radius 3 is 1.81 bits per heavy atom. The summed E-state index contributed by atoms with van der Waals surface area (Å²) in [5, 5.41) is 5.50. The van der Waals surface area contributed by atoms with E-state index in [1.165, 1.54) is 29.0 Å². The van der Waals surface area contributed by atoms with Crippen molar-refractivity contribution in [1.82, 2.24) is 10.6 Å². The van der Waals surface area contributed by atoms with Gasteiger partial charge in [0.05, 0.1) is 13.2 Å². The molecule has 194 valence electrons. The first-order valence-electron chi connectivity index (χ1n) is 11.1. The molecular formula is C29H37FN2O3S. The smallest absolute Gasteiger partial charge is 0.315 e. The molecule has 1 fully saturated rings. The molecule has 7 heteroatoms. The van der Waals surface area contributed by atoms with E-state index >= 15 is 0 Å². The SMILES string of the molecule is C.C.COC(=O)C1C(c2ccc(F)cc2)NC(=O)NC1C(C)C.c1ccc(Sc2ccccc2)cc1. The third-order valence-electron chi connectivity index (χ3n) is 5.47. The first kappa shape index (κ1) is 30.7. The zero-order chi connectivity index (χ0) is 24.5. The summed E-state index contributed by atoms with van der Waals surface area (Å²) in [7, 11) is 1.32. The molecule has 1 aliphatic rings. The average Bonchev–Trinajstić information content (AvgIpc) is 2.85. The van der Waals surface area contributed by atoms with Crippen molar-refractivity contribution in [2.24, 2.45) is 11.8 Å². The molecule has 1 heterocycles. The molecule has 0 spiro atoms. The number of carbonyl (C=O) groups is 2. The lowest BCUT2D eigenvalue weighted by atomic mass is 9.80.